The standard InChI is InChI=1S/C14H13N3O2S2/c15-9-20-14(16)21-11(10-4-2-1-3-5-10)8-17-12(18)6-7-13(17)19/h1-5,11,16H,6-8H2. The molecule has 2 rings (SSSR count). The molecule has 2 amide bonds. The van der Waals surface area contributed by atoms with Crippen LogP contribution >= 0.6 is 23.5 Å². The van der Waals surface area contributed by atoms with E-state index in [0.717, 1.165) is 17.3 Å². The van der Waals surface area contributed by atoms with Crippen molar-refractivity contribution in [2.45, 2.75) is 18.1 Å². The third-order valence-electron chi connectivity index (χ3n) is 3.06. The average Bonchev–Trinajstić information content (AvgIpc) is 2.79. The van der Waals surface area contributed by atoms with Crippen LogP contribution in [0.5, 0.6) is 0 Å². The van der Waals surface area contributed by atoms with E-state index in [1.807, 2.05) is 35.7 Å². The molecule has 0 radical (unpaired) electrons. The quantitative estimate of drug-likeness (QED) is 0.399. The highest BCUT2D eigenvalue weighted by atomic mass is 32.2. The molecule has 1 aromatic carbocycles. The molecule has 0 spiro atoms. The maximum Gasteiger partial charge on any atom is 0.229 e. The lowest BCUT2D eigenvalue weighted by molar-refractivity contribution is -0.138. The van der Waals surface area contributed by atoms with Gasteiger partial charge >= 0.3 is 0 Å². The summed E-state index contributed by atoms with van der Waals surface area (Å²) in [5.41, 5.74) is 0.929. The number of amides is 2. The summed E-state index contributed by atoms with van der Waals surface area (Å²) in [7, 11) is 0. The molecule has 0 aliphatic carbocycles. The largest absolute Gasteiger partial charge is 0.287 e. The second-order valence-corrected chi connectivity index (χ2v) is 6.66. The Bertz CT molecular complexity index is 582. The minimum Gasteiger partial charge on any atom is -0.287 e. The Morgan fingerprint density at radius 3 is 2.48 bits per heavy atom. The first-order valence-corrected chi connectivity index (χ1v) is 8.00. The maximum atomic E-state index is 11.7. The van der Waals surface area contributed by atoms with Crippen molar-refractivity contribution in [1.29, 1.82) is 10.7 Å². The number of hydrogen-bond donors (Lipinski definition) is 1. The van der Waals surface area contributed by atoms with E-state index in [1.165, 1.54) is 16.7 Å². The first kappa shape index (κ1) is 15.6. The number of nitrogens with one attached hydrogen (secondary N) is 1. The van der Waals surface area contributed by atoms with Crippen molar-refractivity contribution in [3.8, 4) is 5.40 Å². The zero-order chi connectivity index (χ0) is 15.2. The van der Waals surface area contributed by atoms with E-state index in [4.69, 9.17) is 10.7 Å². The Labute approximate surface area is 131 Å². The predicted molar refractivity (Wildman–Crippen MR) is 83.7 cm³/mol. The lowest BCUT2D eigenvalue weighted by Crippen LogP contribution is -2.32. The SMILES string of the molecule is N#CSC(=N)SC(CN1C(=O)CCC1=O)c1ccccc1. The molecular weight excluding hydrogens is 306 g/mol. The summed E-state index contributed by atoms with van der Waals surface area (Å²) in [6.07, 6.45) is 0.519. The molecule has 1 fully saturated rings. The molecule has 1 aliphatic rings. The summed E-state index contributed by atoms with van der Waals surface area (Å²) in [6.45, 7) is 0.237. The summed E-state index contributed by atoms with van der Waals surface area (Å²) < 4.78 is 0.158. The summed E-state index contributed by atoms with van der Waals surface area (Å²) >= 11 is 1.97. The molecule has 1 aliphatic heterocycles. The Morgan fingerprint density at radius 1 is 1.29 bits per heavy atom. The molecule has 108 valence electrons. The Morgan fingerprint density at radius 2 is 1.90 bits per heavy atom. The zero-order valence-electron chi connectivity index (χ0n) is 11.1. The molecule has 0 aromatic heterocycles. The number of carbonyl (C=O) groups excluding carboxylic acids is 2. The number of nitriles is 1. The van der Waals surface area contributed by atoms with Gasteiger partial charge in [0.05, 0.1) is 5.25 Å². The van der Waals surface area contributed by atoms with Crippen molar-refractivity contribution < 1.29 is 9.59 Å². The Balaban J connectivity index is 2.16. The van der Waals surface area contributed by atoms with Gasteiger partial charge in [0.2, 0.25) is 11.8 Å². The van der Waals surface area contributed by atoms with Gasteiger partial charge in [0.25, 0.3) is 0 Å². The van der Waals surface area contributed by atoms with E-state index in [-0.39, 0.29) is 40.8 Å². The van der Waals surface area contributed by atoms with Crippen LogP contribution in [0.15, 0.2) is 30.3 Å². The van der Waals surface area contributed by atoms with Crippen LogP contribution in [0.25, 0.3) is 0 Å². The van der Waals surface area contributed by atoms with Crippen LogP contribution in [0.3, 0.4) is 0 Å². The van der Waals surface area contributed by atoms with E-state index < -0.39 is 0 Å². The normalized spacial score (nSPS) is 15.9. The minimum atomic E-state index is -0.231. The molecule has 21 heavy (non-hydrogen) atoms. The molecule has 5 nitrogen and oxygen atoms in total. The predicted octanol–water partition coefficient (Wildman–Crippen LogP) is 2.76. The summed E-state index contributed by atoms with van der Waals surface area (Å²) in [4.78, 5) is 24.8. The van der Waals surface area contributed by atoms with Gasteiger partial charge in [-0.15, -0.1) is 0 Å². The molecule has 7 heteroatoms. The van der Waals surface area contributed by atoms with Crippen molar-refractivity contribution in [1.82, 2.24) is 4.90 Å². The van der Waals surface area contributed by atoms with Crippen molar-refractivity contribution in [2.75, 3.05) is 6.54 Å². The number of thiocyanates is 1. The van der Waals surface area contributed by atoms with E-state index in [0.29, 0.717) is 0 Å². The van der Waals surface area contributed by atoms with E-state index in [2.05, 4.69) is 0 Å². The highest BCUT2D eigenvalue weighted by Crippen LogP contribution is 2.34. The average molecular weight is 319 g/mol. The van der Waals surface area contributed by atoms with Crippen molar-refractivity contribution in [3.63, 3.8) is 0 Å². The zero-order valence-corrected chi connectivity index (χ0v) is 12.7. The van der Waals surface area contributed by atoms with Crippen molar-refractivity contribution >= 4 is 39.7 Å². The van der Waals surface area contributed by atoms with Gasteiger partial charge in [-0.05, 0) is 5.56 Å². The molecule has 1 aromatic rings. The van der Waals surface area contributed by atoms with Crippen molar-refractivity contribution in [3.05, 3.63) is 35.9 Å². The molecule has 1 N–H and O–H groups in total. The highest BCUT2D eigenvalue weighted by molar-refractivity contribution is 8.40. The molecule has 1 atom stereocenters. The maximum absolute atomic E-state index is 11.7. The Hall–Kier alpha value is -1.78. The van der Waals surface area contributed by atoms with Crippen LogP contribution in [0.2, 0.25) is 0 Å². The molecule has 0 bridgehead atoms. The number of imide groups is 1. The van der Waals surface area contributed by atoms with Gasteiger partial charge in [0.15, 0.2) is 0 Å². The number of thioether (sulfide) groups is 2. The van der Waals surface area contributed by atoms with Gasteiger partial charge < -0.3 is 0 Å². The minimum absolute atomic E-state index is 0.158. The lowest BCUT2D eigenvalue weighted by atomic mass is 10.1. The third-order valence-corrected chi connectivity index (χ3v) is 4.80. The van der Waals surface area contributed by atoms with Crippen LogP contribution in [0.4, 0.5) is 0 Å². The van der Waals surface area contributed by atoms with Crippen LogP contribution in [-0.4, -0.2) is 27.6 Å². The summed E-state index contributed by atoms with van der Waals surface area (Å²) in [5.74, 6) is -0.331. The van der Waals surface area contributed by atoms with Crippen LogP contribution < -0.4 is 0 Å². The molecule has 1 saturated heterocycles. The van der Waals surface area contributed by atoms with Gasteiger partial charge in [-0.25, -0.2) is 0 Å². The number of nitrogens with zero attached hydrogens (tertiary/aromatic N) is 2. The van der Waals surface area contributed by atoms with E-state index >= 15 is 0 Å². The van der Waals surface area contributed by atoms with Gasteiger partial charge in [-0.1, -0.05) is 42.1 Å². The highest BCUT2D eigenvalue weighted by Gasteiger charge is 2.31. The number of likely N-dealkylation sites (tertiary alicyclic amines) is 1. The first-order valence-electron chi connectivity index (χ1n) is 6.31. The molecule has 0 saturated carbocycles. The van der Waals surface area contributed by atoms with Crippen molar-refractivity contribution in [2.24, 2.45) is 0 Å². The lowest BCUT2D eigenvalue weighted by Gasteiger charge is -2.22. The number of hydrogen-bond acceptors (Lipinski definition) is 6. The first-order chi connectivity index (χ1) is 10.1. The van der Waals surface area contributed by atoms with Gasteiger partial charge in [-0.2, -0.15) is 5.26 Å². The fraction of sp³-hybridized carbons (Fsp3) is 0.286. The summed E-state index contributed by atoms with van der Waals surface area (Å²) in [6, 6.07) is 9.42. The Kier molecular flexibility index (Phi) is 5.42. The van der Waals surface area contributed by atoms with E-state index in [1.54, 1.807) is 0 Å². The molecule has 1 unspecified atom stereocenters. The number of benzene rings is 1. The molecular formula is C14H13N3O2S2. The van der Waals surface area contributed by atoms with Crippen LogP contribution in [0, 0.1) is 16.1 Å². The van der Waals surface area contributed by atoms with E-state index in [9.17, 15) is 9.59 Å². The summed E-state index contributed by atoms with van der Waals surface area (Å²) in [5, 5.41) is 18.0. The second kappa shape index (κ2) is 7.29. The van der Waals surface area contributed by atoms with Gasteiger partial charge in [0.1, 0.15) is 9.78 Å². The van der Waals surface area contributed by atoms with Crippen LogP contribution in [-0.2, 0) is 9.59 Å². The molecule has 1 heterocycles. The smallest absolute Gasteiger partial charge is 0.229 e. The fourth-order valence-corrected chi connectivity index (χ4v) is 3.58. The monoisotopic (exact) mass is 319 g/mol. The number of carbonyl (C=O) groups is 2. The third kappa shape index (κ3) is 4.09. The topological polar surface area (TPSA) is 85.0 Å². The number of rotatable bonds is 4. The fourth-order valence-electron chi connectivity index (χ4n) is 2.07. The van der Waals surface area contributed by atoms with Gasteiger partial charge in [0, 0.05) is 31.1 Å². The second-order valence-electron chi connectivity index (χ2n) is 4.40. The van der Waals surface area contributed by atoms with Gasteiger partial charge in [-0.3, -0.25) is 19.9 Å². The van der Waals surface area contributed by atoms with Crippen LogP contribution in [0.1, 0.15) is 23.7 Å².